The first-order valence-corrected chi connectivity index (χ1v) is 6.89. The number of H-pyrrole nitrogens is 1. The van der Waals surface area contributed by atoms with Crippen molar-refractivity contribution in [3.63, 3.8) is 0 Å². The fourth-order valence-corrected chi connectivity index (χ4v) is 2.32. The van der Waals surface area contributed by atoms with Crippen LogP contribution in [-0.2, 0) is 0 Å². The van der Waals surface area contributed by atoms with Gasteiger partial charge in [-0.3, -0.25) is 9.89 Å². The van der Waals surface area contributed by atoms with E-state index in [0.29, 0.717) is 22.4 Å². The van der Waals surface area contributed by atoms with Gasteiger partial charge in [0.05, 0.1) is 6.04 Å². The number of rotatable bonds is 3. The lowest BCUT2D eigenvalue weighted by atomic mass is 10.1. The molecular weight excluding hydrogens is 290 g/mol. The van der Waals surface area contributed by atoms with E-state index < -0.39 is 0 Å². The maximum absolute atomic E-state index is 11.8. The first-order chi connectivity index (χ1) is 10.0. The Morgan fingerprint density at radius 1 is 1.33 bits per heavy atom. The molecule has 0 aliphatic rings. The molecule has 0 fully saturated rings. The summed E-state index contributed by atoms with van der Waals surface area (Å²) in [7, 11) is 0. The van der Waals surface area contributed by atoms with E-state index in [1.807, 2.05) is 31.2 Å². The van der Waals surface area contributed by atoms with Crippen molar-refractivity contribution in [2.75, 3.05) is 5.32 Å². The van der Waals surface area contributed by atoms with Crippen molar-refractivity contribution in [2.24, 2.45) is 0 Å². The molecule has 3 rings (SSSR count). The first-order valence-electron chi connectivity index (χ1n) is 6.51. The van der Waals surface area contributed by atoms with Crippen LogP contribution in [0.5, 0.6) is 0 Å². The molecule has 21 heavy (non-hydrogen) atoms. The highest BCUT2D eigenvalue weighted by Gasteiger charge is 2.10. The van der Waals surface area contributed by atoms with Gasteiger partial charge in [-0.25, -0.2) is 4.98 Å². The molecule has 0 amide bonds. The second-order valence-electron chi connectivity index (χ2n) is 4.86. The van der Waals surface area contributed by atoms with Gasteiger partial charge in [-0.05, 0) is 31.5 Å². The van der Waals surface area contributed by atoms with E-state index in [0.717, 1.165) is 5.56 Å². The summed E-state index contributed by atoms with van der Waals surface area (Å²) >= 11 is 5.99. The van der Waals surface area contributed by atoms with E-state index in [4.69, 9.17) is 11.6 Å². The smallest absolute Gasteiger partial charge is 0.274 e. The third-order valence-electron chi connectivity index (χ3n) is 3.16. The van der Waals surface area contributed by atoms with E-state index in [1.54, 1.807) is 6.92 Å². The molecule has 108 valence electrons. The van der Waals surface area contributed by atoms with Crippen molar-refractivity contribution in [1.29, 1.82) is 0 Å². The van der Waals surface area contributed by atoms with Crippen LogP contribution in [0.15, 0.2) is 35.1 Å². The summed E-state index contributed by atoms with van der Waals surface area (Å²) in [4.78, 5) is 20.3. The predicted molar refractivity (Wildman–Crippen MR) is 81.8 cm³/mol. The molecule has 0 aliphatic heterocycles. The summed E-state index contributed by atoms with van der Waals surface area (Å²) in [6, 6.07) is 9.02. The van der Waals surface area contributed by atoms with Crippen molar-refractivity contribution in [3.8, 4) is 0 Å². The molecule has 1 unspecified atom stereocenters. The molecular formula is C14H14ClN5O. The second-order valence-corrected chi connectivity index (χ2v) is 5.30. The summed E-state index contributed by atoms with van der Waals surface area (Å²) in [5, 5.41) is 6.77. The zero-order valence-electron chi connectivity index (χ0n) is 11.6. The summed E-state index contributed by atoms with van der Waals surface area (Å²) in [5.41, 5.74) is 1.48. The number of aromatic amines is 1. The molecule has 6 nitrogen and oxygen atoms in total. The number of fused-ring (bicyclic) bond motifs is 1. The highest BCUT2D eigenvalue weighted by Crippen LogP contribution is 2.20. The van der Waals surface area contributed by atoms with Crippen LogP contribution in [0.25, 0.3) is 5.78 Å². The number of aromatic nitrogens is 4. The average molecular weight is 304 g/mol. The van der Waals surface area contributed by atoms with Crippen LogP contribution in [-0.4, -0.2) is 19.6 Å². The number of hydrogen-bond donors (Lipinski definition) is 2. The molecule has 2 aromatic heterocycles. The van der Waals surface area contributed by atoms with Gasteiger partial charge in [0.1, 0.15) is 0 Å². The molecule has 0 radical (unpaired) electrons. The Kier molecular flexibility index (Phi) is 3.39. The molecule has 7 heteroatoms. The molecule has 0 saturated heterocycles. The van der Waals surface area contributed by atoms with E-state index in [1.165, 1.54) is 10.6 Å². The molecule has 1 atom stereocenters. The fraction of sp³-hybridized carbons (Fsp3) is 0.214. The monoisotopic (exact) mass is 303 g/mol. The largest absolute Gasteiger partial charge is 0.348 e. The topological polar surface area (TPSA) is 75.1 Å². The van der Waals surface area contributed by atoms with E-state index in [-0.39, 0.29) is 11.6 Å². The Labute approximate surface area is 125 Å². The number of benzene rings is 1. The molecule has 0 spiro atoms. The van der Waals surface area contributed by atoms with E-state index in [9.17, 15) is 4.79 Å². The van der Waals surface area contributed by atoms with Crippen LogP contribution < -0.4 is 10.9 Å². The lowest BCUT2D eigenvalue weighted by Crippen LogP contribution is -2.15. The number of aryl methyl sites for hydroxylation is 1. The lowest BCUT2D eigenvalue weighted by molar-refractivity contribution is 0.842. The SMILES string of the molecule is Cc1cc(=O)n2[nH]c(NC(C)c3cccc(Cl)c3)nc2n1. The quantitative estimate of drug-likeness (QED) is 0.780. The third kappa shape index (κ3) is 2.75. The van der Waals surface area contributed by atoms with Gasteiger partial charge >= 0.3 is 0 Å². The van der Waals surface area contributed by atoms with Crippen LogP contribution in [0.1, 0.15) is 24.2 Å². The summed E-state index contributed by atoms with van der Waals surface area (Å²) < 4.78 is 1.31. The van der Waals surface area contributed by atoms with Gasteiger partial charge in [-0.1, -0.05) is 23.7 Å². The van der Waals surface area contributed by atoms with Crippen molar-refractivity contribution in [3.05, 3.63) is 57.0 Å². The Bertz CT molecular complexity index is 854. The van der Waals surface area contributed by atoms with Crippen molar-refractivity contribution >= 4 is 23.3 Å². The Morgan fingerprint density at radius 2 is 2.14 bits per heavy atom. The number of nitrogens with zero attached hydrogens (tertiary/aromatic N) is 3. The Balaban J connectivity index is 1.91. The molecule has 0 bridgehead atoms. The fourth-order valence-electron chi connectivity index (χ4n) is 2.12. The van der Waals surface area contributed by atoms with Crippen LogP contribution >= 0.6 is 11.6 Å². The van der Waals surface area contributed by atoms with Gasteiger partial charge in [0.25, 0.3) is 11.3 Å². The molecule has 0 aliphatic carbocycles. The van der Waals surface area contributed by atoms with Gasteiger partial charge in [0.2, 0.25) is 5.95 Å². The maximum atomic E-state index is 11.8. The standard InChI is InChI=1S/C14H14ClN5O/c1-8-6-12(21)20-14(16-8)18-13(19-20)17-9(2)10-4-3-5-11(15)7-10/h3-7,9H,1-2H3,(H2,16,17,18,19). The maximum Gasteiger partial charge on any atom is 0.274 e. The van der Waals surface area contributed by atoms with Crippen LogP contribution in [0.3, 0.4) is 0 Å². The summed E-state index contributed by atoms with van der Waals surface area (Å²) in [5.74, 6) is 0.832. The highest BCUT2D eigenvalue weighted by molar-refractivity contribution is 6.30. The van der Waals surface area contributed by atoms with Crippen molar-refractivity contribution in [1.82, 2.24) is 19.6 Å². The Morgan fingerprint density at radius 3 is 2.90 bits per heavy atom. The number of halogens is 1. The van der Waals surface area contributed by atoms with E-state index in [2.05, 4.69) is 20.4 Å². The van der Waals surface area contributed by atoms with Crippen LogP contribution in [0.4, 0.5) is 5.95 Å². The minimum atomic E-state index is -0.187. The predicted octanol–water partition coefficient (Wildman–Crippen LogP) is 2.55. The number of anilines is 1. The van der Waals surface area contributed by atoms with Crippen molar-refractivity contribution < 1.29 is 0 Å². The van der Waals surface area contributed by atoms with Gasteiger partial charge < -0.3 is 5.32 Å². The van der Waals surface area contributed by atoms with Gasteiger partial charge in [-0.2, -0.15) is 9.50 Å². The van der Waals surface area contributed by atoms with Gasteiger partial charge in [0, 0.05) is 16.8 Å². The second kappa shape index (κ2) is 5.21. The minimum Gasteiger partial charge on any atom is -0.348 e. The van der Waals surface area contributed by atoms with Crippen LogP contribution in [0.2, 0.25) is 5.02 Å². The van der Waals surface area contributed by atoms with Gasteiger partial charge in [0.15, 0.2) is 0 Å². The molecule has 0 saturated carbocycles. The zero-order valence-corrected chi connectivity index (χ0v) is 12.3. The molecule has 3 aromatic rings. The minimum absolute atomic E-state index is 0.0129. The molecule has 2 heterocycles. The molecule has 1 aromatic carbocycles. The Hall–Kier alpha value is -2.34. The van der Waals surface area contributed by atoms with Gasteiger partial charge in [-0.15, -0.1) is 0 Å². The average Bonchev–Trinajstić information content (AvgIpc) is 2.81. The third-order valence-corrected chi connectivity index (χ3v) is 3.40. The zero-order chi connectivity index (χ0) is 15.0. The summed E-state index contributed by atoms with van der Waals surface area (Å²) in [6.45, 7) is 3.75. The molecule has 2 N–H and O–H groups in total. The van der Waals surface area contributed by atoms with E-state index >= 15 is 0 Å². The van der Waals surface area contributed by atoms with Crippen LogP contribution in [0, 0.1) is 6.92 Å². The lowest BCUT2D eigenvalue weighted by Gasteiger charge is -2.13. The highest BCUT2D eigenvalue weighted by atomic mass is 35.5. The number of nitrogens with one attached hydrogen (secondary N) is 2. The normalized spacial score (nSPS) is 12.5. The first kappa shape index (κ1) is 13.6. The number of hydrogen-bond acceptors (Lipinski definition) is 4. The van der Waals surface area contributed by atoms with Crippen molar-refractivity contribution in [2.45, 2.75) is 19.9 Å². The summed E-state index contributed by atoms with van der Waals surface area (Å²) in [6.07, 6.45) is 0.